The third-order valence-electron chi connectivity index (χ3n) is 5.43. The summed E-state index contributed by atoms with van der Waals surface area (Å²) < 4.78 is 5.94. The second kappa shape index (κ2) is 5.07. The summed E-state index contributed by atoms with van der Waals surface area (Å²) in [6.45, 7) is 9.57. The van der Waals surface area contributed by atoms with Gasteiger partial charge < -0.3 is 10.1 Å². The molecule has 0 saturated heterocycles. The van der Waals surface area contributed by atoms with E-state index in [4.69, 9.17) is 4.74 Å². The lowest BCUT2D eigenvalue weighted by atomic mass is 9.51. The second-order valence-electron chi connectivity index (χ2n) is 6.74. The molecule has 2 aliphatic carbocycles. The summed E-state index contributed by atoms with van der Waals surface area (Å²) in [6, 6.07) is 5.16. The van der Waals surface area contributed by atoms with Crippen LogP contribution in [0.5, 0.6) is 0 Å². The Bertz CT molecular complexity index is 481. The molecular weight excluding hydrogens is 246 g/mol. The molecule has 0 aliphatic heterocycles. The van der Waals surface area contributed by atoms with Gasteiger partial charge in [0.1, 0.15) is 0 Å². The van der Waals surface area contributed by atoms with E-state index >= 15 is 0 Å². The van der Waals surface area contributed by atoms with Gasteiger partial charge in [-0.2, -0.15) is 0 Å². The van der Waals surface area contributed by atoms with Gasteiger partial charge in [-0.25, -0.2) is 0 Å². The summed E-state index contributed by atoms with van der Waals surface area (Å²) in [5, 5.41) is 3.84. The molecule has 2 aliphatic rings. The first kappa shape index (κ1) is 13.9. The highest BCUT2D eigenvalue weighted by Crippen LogP contribution is 2.58. The minimum atomic E-state index is 0.430. The van der Waals surface area contributed by atoms with Crippen LogP contribution in [-0.4, -0.2) is 18.8 Å². The van der Waals surface area contributed by atoms with Crippen molar-refractivity contribution in [2.45, 2.75) is 65.5 Å². The summed E-state index contributed by atoms with van der Waals surface area (Å²) in [5.41, 5.74) is 5.87. The van der Waals surface area contributed by atoms with Crippen LogP contribution in [0.3, 0.4) is 0 Å². The highest BCUT2D eigenvalue weighted by Gasteiger charge is 2.58. The molecule has 1 aromatic rings. The fourth-order valence-corrected chi connectivity index (χ4v) is 4.22. The lowest BCUT2D eigenvalue weighted by molar-refractivity contribution is -0.157. The topological polar surface area (TPSA) is 21.3 Å². The van der Waals surface area contributed by atoms with Crippen molar-refractivity contribution in [3.8, 4) is 0 Å². The number of hydrogen-bond acceptors (Lipinski definition) is 2. The van der Waals surface area contributed by atoms with Crippen LogP contribution in [-0.2, 0) is 4.74 Å². The first-order valence-corrected chi connectivity index (χ1v) is 8.03. The Hall–Kier alpha value is -1.02. The van der Waals surface area contributed by atoms with Crippen LogP contribution >= 0.6 is 0 Å². The van der Waals surface area contributed by atoms with Crippen molar-refractivity contribution in [2.24, 2.45) is 5.41 Å². The smallest absolute Gasteiger partial charge is 0.0670 e. The average Bonchev–Trinajstić information content (AvgIpc) is 2.28. The fourth-order valence-electron chi connectivity index (χ4n) is 4.22. The van der Waals surface area contributed by atoms with E-state index in [-0.39, 0.29) is 0 Å². The molecular formula is C18H27NO. The Balaban J connectivity index is 1.76. The number of rotatable bonds is 4. The third kappa shape index (κ3) is 2.05. The van der Waals surface area contributed by atoms with Crippen LogP contribution in [0.2, 0.25) is 0 Å². The zero-order valence-corrected chi connectivity index (χ0v) is 13.3. The van der Waals surface area contributed by atoms with Crippen LogP contribution in [0.1, 0.15) is 49.3 Å². The molecule has 1 aromatic carbocycles. The summed E-state index contributed by atoms with van der Waals surface area (Å²) in [6.07, 6.45) is 5.69. The SMILES string of the molecule is CCOC1CC(Nc2c(C)cc(C)cc2C)C12CCC2. The Morgan fingerprint density at radius 2 is 1.85 bits per heavy atom. The lowest BCUT2D eigenvalue weighted by Crippen LogP contribution is -2.64. The summed E-state index contributed by atoms with van der Waals surface area (Å²) in [7, 11) is 0. The molecule has 2 nitrogen and oxygen atoms in total. The molecule has 3 rings (SSSR count). The molecule has 110 valence electrons. The van der Waals surface area contributed by atoms with Crippen molar-refractivity contribution in [1.82, 2.24) is 0 Å². The quantitative estimate of drug-likeness (QED) is 0.879. The van der Waals surface area contributed by atoms with E-state index in [0.717, 1.165) is 6.61 Å². The van der Waals surface area contributed by atoms with E-state index in [1.807, 2.05) is 0 Å². The molecule has 2 heteroatoms. The van der Waals surface area contributed by atoms with Crippen molar-refractivity contribution in [3.63, 3.8) is 0 Å². The number of benzene rings is 1. The van der Waals surface area contributed by atoms with Crippen LogP contribution in [0.15, 0.2) is 12.1 Å². The largest absolute Gasteiger partial charge is 0.381 e. The lowest BCUT2D eigenvalue weighted by Gasteiger charge is -2.61. The number of ether oxygens (including phenoxy) is 1. The van der Waals surface area contributed by atoms with Crippen molar-refractivity contribution >= 4 is 5.69 Å². The van der Waals surface area contributed by atoms with Crippen molar-refractivity contribution in [2.75, 3.05) is 11.9 Å². The summed E-state index contributed by atoms with van der Waals surface area (Å²) in [4.78, 5) is 0. The van der Waals surface area contributed by atoms with Gasteiger partial charge in [-0.3, -0.25) is 0 Å². The molecule has 2 atom stereocenters. The zero-order chi connectivity index (χ0) is 14.3. The molecule has 1 N–H and O–H groups in total. The maximum atomic E-state index is 5.94. The minimum Gasteiger partial charge on any atom is -0.381 e. The van der Waals surface area contributed by atoms with E-state index in [0.29, 0.717) is 17.6 Å². The molecule has 2 saturated carbocycles. The van der Waals surface area contributed by atoms with Gasteiger partial charge in [-0.15, -0.1) is 0 Å². The van der Waals surface area contributed by atoms with Crippen LogP contribution < -0.4 is 5.32 Å². The van der Waals surface area contributed by atoms with Gasteiger partial charge in [0, 0.05) is 23.8 Å². The zero-order valence-electron chi connectivity index (χ0n) is 13.3. The predicted molar refractivity (Wildman–Crippen MR) is 84.4 cm³/mol. The molecule has 2 fully saturated rings. The molecule has 0 heterocycles. The van der Waals surface area contributed by atoms with Crippen LogP contribution in [0, 0.1) is 26.2 Å². The molecule has 20 heavy (non-hydrogen) atoms. The highest BCUT2D eigenvalue weighted by atomic mass is 16.5. The van der Waals surface area contributed by atoms with E-state index < -0.39 is 0 Å². The standard InChI is InChI=1S/C18H27NO/c1-5-20-16-11-15(18(16)7-6-8-18)19-17-13(3)9-12(2)10-14(17)4/h9-10,15-16,19H,5-8,11H2,1-4H3. The van der Waals surface area contributed by atoms with E-state index in [9.17, 15) is 0 Å². The third-order valence-corrected chi connectivity index (χ3v) is 5.43. The Morgan fingerprint density at radius 1 is 1.20 bits per heavy atom. The Kier molecular flexibility index (Phi) is 3.53. The molecule has 0 radical (unpaired) electrons. The van der Waals surface area contributed by atoms with Gasteiger partial charge in [0.25, 0.3) is 0 Å². The maximum Gasteiger partial charge on any atom is 0.0670 e. The second-order valence-corrected chi connectivity index (χ2v) is 6.74. The maximum absolute atomic E-state index is 5.94. The van der Waals surface area contributed by atoms with Gasteiger partial charge in [0.15, 0.2) is 0 Å². The van der Waals surface area contributed by atoms with E-state index in [1.54, 1.807) is 0 Å². The molecule has 1 spiro atoms. The summed E-state index contributed by atoms with van der Waals surface area (Å²) in [5.74, 6) is 0. The first-order valence-electron chi connectivity index (χ1n) is 8.03. The first-order chi connectivity index (χ1) is 9.56. The monoisotopic (exact) mass is 273 g/mol. The van der Waals surface area contributed by atoms with Gasteiger partial charge in [0.2, 0.25) is 0 Å². The van der Waals surface area contributed by atoms with Gasteiger partial charge in [0.05, 0.1) is 6.10 Å². The fraction of sp³-hybridized carbons (Fsp3) is 0.667. The van der Waals surface area contributed by atoms with Gasteiger partial charge in [-0.1, -0.05) is 24.1 Å². The minimum absolute atomic E-state index is 0.430. The van der Waals surface area contributed by atoms with Crippen LogP contribution in [0.4, 0.5) is 5.69 Å². The Morgan fingerprint density at radius 3 is 2.35 bits per heavy atom. The number of nitrogens with one attached hydrogen (secondary N) is 1. The van der Waals surface area contributed by atoms with Crippen molar-refractivity contribution in [1.29, 1.82) is 0 Å². The van der Waals surface area contributed by atoms with Gasteiger partial charge in [-0.05, 0) is 58.1 Å². The van der Waals surface area contributed by atoms with Crippen molar-refractivity contribution in [3.05, 3.63) is 28.8 Å². The predicted octanol–water partition coefficient (Wildman–Crippen LogP) is 4.37. The average molecular weight is 273 g/mol. The number of aryl methyl sites for hydroxylation is 3. The molecule has 0 amide bonds. The van der Waals surface area contributed by atoms with Crippen LogP contribution in [0.25, 0.3) is 0 Å². The van der Waals surface area contributed by atoms with Gasteiger partial charge >= 0.3 is 0 Å². The molecule has 2 unspecified atom stereocenters. The normalized spacial score (nSPS) is 27.0. The Labute approximate surface area is 122 Å². The van der Waals surface area contributed by atoms with E-state index in [2.05, 4.69) is 45.1 Å². The summed E-state index contributed by atoms with van der Waals surface area (Å²) >= 11 is 0. The molecule has 0 aromatic heterocycles. The molecule has 0 bridgehead atoms. The number of hydrogen-bond donors (Lipinski definition) is 1. The highest BCUT2D eigenvalue weighted by molar-refractivity contribution is 5.59. The number of anilines is 1. The van der Waals surface area contributed by atoms with Crippen molar-refractivity contribution < 1.29 is 4.74 Å². The van der Waals surface area contributed by atoms with E-state index in [1.165, 1.54) is 48.1 Å².